The Balaban J connectivity index is 1.28. The van der Waals surface area contributed by atoms with Gasteiger partial charge in [-0.1, -0.05) is 6.07 Å². The number of aromatic nitrogens is 4. The van der Waals surface area contributed by atoms with E-state index in [1.807, 2.05) is 41.3 Å². The van der Waals surface area contributed by atoms with E-state index >= 15 is 0 Å². The molecular weight excluding hydrogens is 356 g/mol. The van der Waals surface area contributed by atoms with Crippen molar-refractivity contribution >= 4 is 17.3 Å². The number of carbonyl (C=O) groups excluding carboxylic acids is 1. The minimum absolute atomic E-state index is 0.138. The molecule has 8 nitrogen and oxygen atoms in total. The Hall–Kier alpha value is -3.03. The predicted octanol–water partition coefficient (Wildman–Crippen LogP) is 2.55. The van der Waals surface area contributed by atoms with Crippen molar-refractivity contribution in [3.63, 3.8) is 0 Å². The van der Waals surface area contributed by atoms with Crippen molar-refractivity contribution in [2.75, 3.05) is 31.1 Å². The number of anilines is 1. The maximum absolute atomic E-state index is 12.2. The lowest BCUT2D eigenvalue weighted by Gasteiger charge is -2.36. The van der Waals surface area contributed by atoms with Gasteiger partial charge in [-0.25, -0.2) is 9.31 Å². The summed E-state index contributed by atoms with van der Waals surface area (Å²) in [5.74, 6) is 0. The molecule has 1 saturated heterocycles. The van der Waals surface area contributed by atoms with Gasteiger partial charge in [0.05, 0.1) is 23.6 Å². The zero-order chi connectivity index (χ0) is 19.1. The lowest BCUT2D eigenvalue weighted by atomic mass is 9.96. The highest BCUT2D eigenvalue weighted by Gasteiger charge is 2.28. The van der Waals surface area contributed by atoms with E-state index in [1.54, 1.807) is 4.68 Å². The molecule has 4 heterocycles. The Bertz CT molecular complexity index is 997. The Morgan fingerprint density at radius 3 is 2.54 bits per heavy atom. The summed E-state index contributed by atoms with van der Waals surface area (Å²) in [5, 5.41) is 8.78. The Kier molecular flexibility index (Phi) is 4.18. The number of pyridine rings is 1. The highest BCUT2D eigenvalue weighted by atomic mass is 16.6. The van der Waals surface area contributed by atoms with Crippen LogP contribution in [0.4, 0.5) is 10.5 Å². The summed E-state index contributed by atoms with van der Waals surface area (Å²) in [6.45, 7) is 2.92. The van der Waals surface area contributed by atoms with Crippen molar-refractivity contribution in [1.82, 2.24) is 24.3 Å². The zero-order valence-corrected chi connectivity index (χ0v) is 16.0. The number of rotatable bonds is 3. The fourth-order valence-electron chi connectivity index (χ4n) is 3.79. The van der Waals surface area contributed by atoms with Crippen molar-refractivity contribution in [2.45, 2.75) is 25.4 Å². The van der Waals surface area contributed by atoms with E-state index in [0.29, 0.717) is 13.1 Å². The molecule has 1 aliphatic heterocycles. The molecule has 3 aromatic heterocycles. The molecule has 0 unspecified atom stereocenters. The van der Waals surface area contributed by atoms with Gasteiger partial charge in [-0.05, 0) is 25.3 Å². The van der Waals surface area contributed by atoms with E-state index in [0.717, 1.165) is 48.3 Å². The van der Waals surface area contributed by atoms with Gasteiger partial charge in [-0.3, -0.25) is 4.68 Å². The van der Waals surface area contributed by atoms with E-state index < -0.39 is 0 Å². The minimum Gasteiger partial charge on any atom is -0.446 e. The molecule has 0 radical (unpaired) electrons. The summed E-state index contributed by atoms with van der Waals surface area (Å²) in [4.78, 5) is 16.4. The van der Waals surface area contributed by atoms with Crippen LogP contribution in [-0.4, -0.2) is 62.7 Å². The molecule has 0 bridgehead atoms. The van der Waals surface area contributed by atoms with E-state index in [4.69, 9.17) is 4.74 Å². The number of carbonyl (C=O) groups is 1. The molecular formula is C20H24N6O2. The summed E-state index contributed by atoms with van der Waals surface area (Å²) in [5.41, 5.74) is 4.32. The first-order valence-corrected chi connectivity index (χ1v) is 9.84. The normalized spacial score (nSPS) is 17.8. The zero-order valence-electron chi connectivity index (χ0n) is 16.0. The molecule has 1 amide bonds. The fourth-order valence-corrected chi connectivity index (χ4v) is 3.79. The van der Waals surface area contributed by atoms with Crippen LogP contribution in [0.5, 0.6) is 0 Å². The van der Waals surface area contributed by atoms with Gasteiger partial charge in [0.2, 0.25) is 0 Å². The van der Waals surface area contributed by atoms with Gasteiger partial charge in [0.25, 0.3) is 0 Å². The number of nitrogens with zero attached hydrogens (tertiary/aromatic N) is 6. The van der Waals surface area contributed by atoms with Crippen molar-refractivity contribution in [3.8, 4) is 11.1 Å². The molecule has 1 aliphatic carbocycles. The maximum Gasteiger partial charge on any atom is 0.410 e. The Morgan fingerprint density at radius 1 is 1.04 bits per heavy atom. The summed E-state index contributed by atoms with van der Waals surface area (Å²) in [6, 6.07) is 4.20. The highest BCUT2D eigenvalue weighted by molar-refractivity contribution is 5.76. The van der Waals surface area contributed by atoms with Crippen molar-refractivity contribution in [3.05, 3.63) is 36.9 Å². The molecule has 0 atom stereocenters. The average molecular weight is 380 g/mol. The number of hydrogen-bond donors (Lipinski definition) is 0. The molecule has 146 valence electrons. The molecule has 3 aromatic rings. The second-order valence-corrected chi connectivity index (χ2v) is 7.59. The molecule has 2 fully saturated rings. The number of fused-ring (bicyclic) bond motifs is 1. The van der Waals surface area contributed by atoms with Crippen molar-refractivity contribution in [2.24, 2.45) is 7.05 Å². The topological polar surface area (TPSA) is 67.9 Å². The van der Waals surface area contributed by atoms with Gasteiger partial charge in [0.15, 0.2) is 0 Å². The summed E-state index contributed by atoms with van der Waals surface area (Å²) in [7, 11) is 1.91. The summed E-state index contributed by atoms with van der Waals surface area (Å²) >= 11 is 0. The SMILES string of the molecule is Cn1cc(-c2ccc3c(N4CCN(C(=O)OC5CCC5)CC4)cnn3c2)cn1. The quantitative estimate of drug-likeness (QED) is 0.699. The lowest BCUT2D eigenvalue weighted by Crippen LogP contribution is -2.49. The van der Waals surface area contributed by atoms with Crippen molar-refractivity contribution in [1.29, 1.82) is 0 Å². The standard InChI is InChI=1S/C20H24N6O2/c1-23-13-16(11-21-23)15-5-6-18-19(12-22-26(18)14-15)24-7-9-25(10-8-24)20(27)28-17-3-2-4-17/h5-6,11-14,17H,2-4,7-10H2,1H3. The van der Waals surface area contributed by atoms with Crippen LogP contribution in [0, 0.1) is 0 Å². The maximum atomic E-state index is 12.2. The third kappa shape index (κ3) is 3.08. The molecule has 0 aromatic carbocycles. The van der Waals surface area contributed by atoms with Crippen LogP contribution in [0.2, 0.25) is 0 Å². The van der Waals surface area contributed by atoms with Crippen molar-refractivity contribution < 1.29 is 9.53 Å². The van der Waals surface area contributed by atoms with Gasteiger partial charge in [0.1, 0.15) is 6.10 Å². The number of amides is 1. The molecule has 2 aliphatic rings. The largest absolute Gasteiger partial charge is 0.446 e. The van der Waals surface area contributed by atoms with Gasteiger partial charge in [0, 0.05) is 56.7 Å². The first-order chi connectivity index (χ1) is 13.7. The number of ether oxygens (including phenoxy) is 1. The second-order valence-electron chi connectivity index (χ2n) is 7.59. The van der Waals surface area contributed by atoms with E-state index in [-0.39, 0.29) is 12.2 Å². The first kappa shape index (κ1) is 17.1. The third-order valence-corrected chi connectivity index (χ3v) is 5.73. The van der Waals surface area contributed by atoms with Crippen LogP contribution in [0.15, 0.2) is 36.9 Å². The number of aryl methyl sites for hydroxylation is 1. The Morgan fingerprint density at radius 2 is 1.86 bits per heavy atom. The van der Waals surface area contributed by atoms with Crippen LogP contribution in [0.25, 0.3) is 16.6 Å². The van der Waals surface area contributed by atoms with E-state index in [9.17, 15) is 4.79 Å². The molecule has 0 N–H and O–H groups in total. The van der Waals surface area contributed by atoms with Gasteiger partial charge < -0.3 is 14.5 Å². The summed E-state index contributed by atoms with van der Waals surface area (Å²) < 4.78 is 9.23. The highest BCUT2D eigenvalue weighted by Crippen LogP contribution is 2.27. The van der Waals surface area contributed by atoms with E-state index in [2.05, 4.69) is 27.2 Å². The predicted molar refractivity (Wildman–Crippen MR) is 105 cm³/mol. The second kappa shape index (κ2) is 6.85. The number of hydrogen-bond acceptors (Lipinski definition) is 5. The summed E-state index contributed by atoms with van der Waals surface area (Å²) in [6.07, 6.45) is 10.9. The lowest BCUT2D eigenvalue weighted by molar-refractivity contribution is 0.0260. The average Bonchev–Trinajstić information content (AvgIpc) is 3.30. The molecule has 0 spiro atoms. The van der Waals surface area contributed by atoms with Gasteiger partial charge in [-0.2, -0.15) is 10.2 Å². The van der Waals surface area contributed by atoms with Crippen LogP contribution >= 0.6 is 0 Å². The van der Waals surface area contributed by atoms with Gasteiger partial charge in [-0.15, -0.1) is 0 Å². The van der Waals surface area contributed by atoms with Crippen LogP contribution in [0.3, 0.4) is 0 Å². The first-order valence-electron chi connectivity index (χ1n) is 9.84. The van der Waals surface area contributed by atoms with E-state index in [1.165, 1.54) is 6.42 Å². The Labute approximate surface area is 163 Å². The molecule has 28 heavy (non-hydrogen) atoms. The van der Waals surface area contributed by atoms with Crippen LogP contribution in [0.1, 0.15) is 19.3 Å². The molecule has 8 heteroatoms. The van der Waals surface area contributed by atoms with Gasteiger partial charge >= 0.3 is 6.09 Å². The molecule has 5 rings (SSSR count). The third-order valence-electron chi connectivity index (χ3n) is 5.73. The monoisotopic (exact) mass is 380 g/mol. The fraction of sp³-hybridized carbons (Fsp3) is 0.450. The van der Waals surface area contributed by atoms with Crippen LogP contribution < -0.4 is 4.90 Å². The minimum atomic E-state index is -0.162. The molecule has 1 saturated carbocycles. The number of piperazine rings is 1. The van der Waals surface area contributed by atoms with Crippen LogP contribution in [-0.2, 0) is 11.8 Å². The smallest absolute Gasteiger partial charge is 0.410 e.